The van der Waals surface area contributed by atoms with Gasteiger partial charge in [-0.25, -0.2) is 4.79 Å². The van der Waals surface area contributed by atoms with E-state index in [9.17, 15) is 4.79 Å². The van der Waals surface area contributed by atoms with E-state index in [2.05, 4.69) is 4.90 Å². The molecule has 1 saturated heterocycles. The number of aliphatic hydroxyl groups is 1. The second-order valence-electron chi connectivity index (χ2n) is 5.60. The molecule has 0 aliphatic carbocycles. The zero-order chi connectivity index (χ0) is 15.4. The molecule has 0 unspecified atom stereocenters. The van der Waals surface area contributed by atoms with Crippen molar-refractivity contribution >= 4 is 23.5 Å². The van der Waals surface area contributed by atoms with Crippen LogP contribution in [0.4, 0.5) is 0 Å². The molecule has 1 N–H and O–H groups in total. The number of fused-ring (bicyclic) bond motifs is 1. The normalized spacial score (nSPS) is 15.7. The van der Waals surface area contributed by atoms with Crippen LogP contribution in [0.5, 0.6) is 0 Å². The summed E-state index contributed by atoms with van der Waals surface area (Å²) in [6, 6.07) is 5.87. The fraction of sp³-hybridized carbons (Fsp3) is 0.562. The average molecular weight is 343 g/mol. The Bertz CT molecular complexity index is 676. The maximum absolute atomic E-state index is 11.7. The first-order valence-electron chi connectivity index (χ1n) is 7.81. The third-order valence-electron chi connectivity index (χ3n) is 4.10. The number of aromatic nitrogens is 1. The van der Waals surface area contributed by atoms with Gasteiger partial charge in [0.25, 0.3) is 0 Å². The molecule has 2 aromatic rings. The Labute approximate surface area is 141 Å². The van der Waals surface area contributed by atoms with Crippen LogP contribution in [0.3, 0.4) is 0 Å². The molecule has 1 aromatic carbocycles. The van der Waals surface area contributed by atoms with Gasteiger partial charge in [0.05, 0.1) is 31.9 Å². The molecule has 6 nitrogen and oxygen atoms in total. The van der Waals surface area contributed by atoms with Gasteiger partial charge in [0.2, 0.25) is 0 Å². The van der Waals surface area contributed by atoms with Crippen LogP contribution < -0.4 is 5.76 Å². The van der Waals surface area contributed by atoms with E-state index in [1.54, 1.807) is 0 Å². The van der Waals surface area contributed by atoms with Crippen molar-refractivity contribution in [1.82, 2.24) is 9.47 Å². The molecular formula is C16H23ClN2O4. The van der Waals surface area contributed by atoms with Crippen molar-refractivity contribution in [2.45, 2.75) is 19.4 Å². The van der Waals surface area contributed by atoms with Crippen LogP contribution in [0, 0.1) is 0 Å². The second-order valence-corrected chi connectivity index (χ2v) is 5.60. The van der Waals surface area contributed by atoms with E-state index in [1.165, 1.54) is 10.1 Å². The van der Waals surface area contributed by atoms with Crippen molar-refractivity contribution < 1.29 is 14.3 Å². The minimum atomic E-state index is -0.408. The molecule has 0 bridgehead atoms. The second kappa shape index (κ2) is 8.49. The molecule has 0 radical (unpaired) electrons. The van der Waals surface area contributed by atoms with Gasteiger partial charge >= 0.3 is 5.76 Å². The largest absolute Gasteiger partial charge is 0.420 e. The fourth-order valence-corrected chi connectivity index (χ4v) is 2.91. The first-order chi connectivity index (χ1) is 10.8. The smallest absolute Gasteiger partial charge is 0.408 e. The fourth-order valence-electron chi connectivity index (χ4n) is 2.91. The average Bonchev–Trinajstić information content (AvgIpc) is 2.84. The predicted molar refractivity (Wildman–Crippen MR) is 90.4 cm³/mol. The van der Waals surface area contributed by atoms with E-state index in [0.717, 1.165) is 51.2 Å². The van der Waals surface area contributed by atoms with Gasteiger partial charge in [-0.1, -0.05) is 6.07 Å². The van der Waals surface area contributed by atoms with Gasteiger partial charge in [-0.2, -0.15) is 0 Å². The predicted octanol–water partition coefficient (Wildman–Crippen LogP) is 1.27. The molecule has 23 heavy (non-hydrogen) atoms. The van der Waals surface area contributed by atoms with E-state index < -0.39 is 5.76 Å². The van der Waals surface area contributed by atoms with Crippen molar-refractivity contribution in [3.63, 3.8) is 0 Å². The number of halogens is 1. The summed E-state index contributed by atoms with van der Waals surface area (Å²) in [5.74, 6) is -0.408. The lowest BCUT2D eigenvalue weighted by molar-refractivity contribution is 0.0375. The number of aryl methyl sites for hydroxylation is 1. The molecule has 0 spiro atoms. The number of morpholine rings is 1. The van der Waals surface area contributed by atoms with Gasteiger partial charge in [0.1, 0.15) is 0 Å². The van der Waals surface area contributed by atoms with Crippen LogP contribution >= 0.6 is 12.4 Å². The van der Waals surface area contributed by atoms with Crippen LogP contribution in [-0.4, -0.2) is 54.0 Å². The number of ether oxygens (including phenoxy) is 1. The number of rotatable bonds is 6. The van der Waals surface area contributed by atoms with Gasteiger partial charge < -0.3 is 14.3 Å². The minimum Gasteiger partial charge on any atom is -0.408 e. The van der Waals surface area contributed by atoms with Crippen LogP contribution in [0.1, 0.15) is 12.0 Å². The summed E-state index contributed by atoms with van der Waals surface area (Å²) in [4.78, 5) is 14.1. The summed E-state index contributed by atoms with van der Waals surface area (Å²) in [7, 11) is 0. The highest BCUT2D eigenvalue weighted by Crippen LogP contribution is 2.16. The number of aliphatic hydroxyl groups excluding tert-OH is 1. The zero-order valence-electron chi connectivity index (χ0n) is 13.1. The topological polar surface area (TPSA) is 67.8 Å². The van der Waals surface area contributed by atoms with Crippen molar-refractivity contribution in [2.24, 2.45) is 0 Å². The van der Waals surface area contributed by atoms with Crippen molar-refractivity contribution in [1.29, 1.82) is 0 Å². The zero-order valence-corrected chi connectivity index (χ0v) is 13.9. The number of oxazole rings is 1. The highest BCUT2D eigenvalue weighted by atomic mass is 35.5. The highest BCUT2D eigenvalue weighted by molar-refractivity contribution is 5.85. The number of hydrogen-bond donors (Lipinski definition) is 1. The summed E-state index contributed by atoms with van der Waals surface area (Å²) in [6.45, 7) is 4.94. The lowest BCUT2D eigenvalue weighted by Gasteiger charge is -2.26. The molecule has 0 saturated carbocycles. The van der Waals surface area contributed by atoms with Crippen molar-refractivity contribution in [2.75, 3.05) is 39.5 Å². The van der Waals surface area contributed by atoms with Gasteiger partial charge in [0, 0.05) is 13.1 Å². The van der Waals surface area contributed by atoms with Crippen LogP contribution in [-0.2, 0) is 17.7 Å². The van der Waals surface area contributed by atoms with Gasteiger partial charge in [-0.05, 0) is 37.1 Å². The third kappa shape index (κ3) is 4.35. The molecule has 0 amide bonds. The molecule has 7 heteroatoms. The molecule has 3 rings (SSSR count). The summed E-state index contributed by atoms with van der Waals surface area (Å²) in [5, 5.41) is 9.00. The summed E-state index contributed by atoms with van der Waals surface area (Å²) in [5.41, 5.74) is 2.52. The Kier molecular flexibility index (Phi) is 6.65. The Morgan fingerprint density at radius 3 is 2.70 bits per heavy atom. The number of hydrogen-bond acceptors (Lipinski definition) is 5. The monoisotopic (exact) mass is 342 g/mol. The molecule has 2 heterocycles. The van der Waals surface area contributed by atoms with Gasteiger partial charge in [-0.3, -0.25) is 9.47 Å². The van der Waals surface area contributed by atoms with Crippen molar-refractivity contribution in [3.8, 4) is 0 Å². The first-order valence-corrected chi connectivity index (χ1v) is 7.81. The van der Waals surface area contributed by atoms with Gasteiger partial charge in [-0.15, -0.1) is 12.4 Å². The van der Waals surface area contributed by atoms with Crippen LogP contribution in [0.15, 0.2) is 27.4 Å². The lowest BCUT2D eigenvalue weighted by atomic mass is 10.1. The summed E-state index contributed by atoms with van der Waals surface area (Å²) >= 11 is 0. The Morgan fingerprint density at radius 2 is 1.96 bits per heavy atom. The summed E-state index contributed by atoms with van der Waals surface area (Å²) < 4.78 is 12.1. The van der Waals surface area contributed by atoms with E-state index in [0.29, 0.717) is 5.58 Å². The Hall–Kier alpha value is -1.34. The van der Waals surface area contributed by atoms with Gasteiger partial charge in [0.15, 0.2) is 5.58 Å². The molecule has 1 aromatic heterocycles. The maximum Gasteiger partial charge on any atom is 0.420 e. The van der Waals surface area contributed by atoms with Crippen LogP contribution in [0.2, 0.25) is 0 Å². The Balaban J connectivity index is 0.00000192. The Morgan fingerprint density at radius 1 is 1.17 bits per heavy atom. The van der Waals surface area contributed by atoms with E-state index in [4.69, 9.17) is 14.3 Å². The third-order valence-corrected chi connectivity index (χ3v) is 4.10. The van der Waals surface area contributed by atoms with Crippen molar-refractivity contribution in [3.05, 3.63) is 34.3 Å². The number of nitrogens with zero attached hydrogens (tertiary/aromatic N) is 2. The standard InChI is InChI=1S/C16H22N2O4.ClH/c19-9-6-18-14-4-3-13(12-15(14)22-16(18)20)2-1-5-17-7-10-21-11-8-17;/h3-4,12,19H,1-2,5-11H2;1H. The molecule has 1 fully saturated rings. The maximum atomic E-state index is 11.7. The quantitative estimate of drug-likeness (QED) is 0.856. The van der Waals surface area contributed by atoms with E-state index >= 15 is 0 Å². The molecular weight excluding hydrogens is 320 g/mol. The van der Waals surface area contributed by atoms with Crippen LogP contribution in [0.25, 0.3) is 11.1 Å². The van der Waals surface area contributed by atoms with E-state index in [-0.39, 0.29) is 25.6 Å². The first kappa shape index (κ1) is 18.0. The summed E-state index contributed by atoms with van der Waals surface area (Å²) in [6.07, 6.45) is 2.04. The minimum absolute atomic E-state index is 0. The van der Waals surface area contributed by atoms with E-state index in [1.807, 2.05) is 18.2 Å². The molecule has 0 atom stereocenters. The molecule has 128 valence electrons. The molecule has 1 aliphatic rings. The SMILES string of the molecule is Cl.O=c1oc2cc(CCCN3CCOCC3)ccc2n1CCO. The highest BCUT2D eigenvalue weighted by Gasteiger charge is 2.11. The lowest BCUT2D eigenvalue weighted by Crippen LogP contribution is -2.36. The number of benzene rings is 1. The molecule has 1 aliphatic heterocycles.